The van der Waals surface area contributed by atoms with Gasteiger partial charge in [0.15, 0.2) is 6.10 Å². The van der Waals surface area contributed by atoms with E-state index in [1.807, 2.05) is 0 Å². The Morgan fingerprint density at radius 3 is 0.778 bits per heavy atom. The summed E-state index contributed by atoms with van der Waals surface area (Å²) in [4.78, 5) is 38.4. The molecular formula is C75H126O6. The highest BCUT2D eigenvalue weighted by Crippen LogP contribution is 2.16. The highest BCUT2D eigenvalue weighted by molar-refractivity contribution is 5.71. The third-order valence-corrected chi connectivity index (χ3v) is 14.4. The summed E-state index contributed by atoms with van der Waals surface area (Å²) in [5.74, 6) is -0.921. The van der Waals surface area contributed by atoms with Crippen LogP contribution in [0.1, 0.15) is 316 Å². The first kappa shape index (κ1) is 76.8. The lowest BCUT2D eigenvalue weighted by Crippen LogP contribution is -2.30. The number of hydrogen-bond donors (Lipinski definition) is 0. The molecule has 0 saturated heterocycles. The molecule has 0 radical (unpaired) electrons. The summed E-state index contributed by atoms with van der Waals surface area (Å²) in [7, 11) is 0. The molecule has 6 heteroatoms. The van der Waals surface area contributed by atoms with Gasteiger partial charge < -0.3 is 14.2 Å². The van der Waals surface area contributed by atoms with Gasteiger partial charge in [0.25, 0.3) is 0 Å². The second-order valence-electron chi connectivity index (χ2n) is 22.3. The third kappa shape index (κ3) is 66.5. The number of rotatable bonds is 61. The van der Waals surface area contributed by atoms with Gasteiger partial charge in [-0.25, -0.2) is 0 Å². The number of hydrogen-bond acceptors (Lipinski definition) is 6. The number of esters is 3. The van der Waals surface area contributed by atoms with Crippen LogP contribution in [0.4, 0.5) is 0 Å². The number of unbranched alkanes of at least 4 members (excludes halogenated alkanes) is 30. The lowest BCUT2D eigenvalue weighted by Gasteiger charge is -2.18. The highest BCUT2D eigenvalue weighted by Gasteiger charge is 2.19. The predicted octanol–water partition coefficient (Wildman–Crippen LogP) is 23.6. The third-order valence-electron chi connectivity index (χ3n) is 14.4. The van der Waals surface area contributed by atoms with Crippen molar-refractivity contribution in [3.05, 3.63) is 122 Å². The second kappa shape index (κ2) is 68.3. The van der Waals surface area contributed by atoms with Crippen LogP contribution in [0, 0.1) is 0 Å². The number of ether oxygens (including phenoxy) is 3. The summed E-state index contributed by atoms with van der Waals surface area (Å²) in [5, 5.41) is 0. The van der Waals surface area contributed by atoms with Gasteiger partial charge in [0.2, 0.25) is 0 Å². The molecule has 81 heavy (non-hydrogen) atoms. The molecule has 462 valence electrons. The molecule has 0 fully saturated rings. The normalized spacial score (nSPS) is 12.9. The Morgan fingerprint density at radius 2 is 0.481 bits per heavy atom. The molecule has 1 atom stereocenters. The van der Waals surface area contributed by atoms with Crippen LogP contribution in [0.2, 0.25) is 0 Å². The van der Waals surface area contributed by atoms with E-state index in [9.17, 15) is 14.4 Å². The van der Waals surface area contributed by atoms with Gasteiger partial charge in [0.1, 0.15) is 13.2 Å². The summed E-state index contributed by atoms with van der Waals surface area (Å²) < 4.78 is 16.9. The summed E-state index contributed by atoms with van der Waals surface area (Å²) in [5.41, 5.74) is 0. The van der Waals surface area contributed by atoms with Gasteiger partial charge in [-0.1, -0.05) is 284 Å². The fraction of sp³-hybridized carbons (Fsp3) is 0.693. The van der Waals surface area contributed by atoms with Gasteiger partial charge in [0, 0.05) is 19.3 Å². The Balaban J connectivity index is 4.38. The van der Waals surface area contributed by atoms with Crippen molar-refractivity contribution in [3.63, 3.8) is 0 Å². The van der Waals surface area contributed by atoms with Gasteiger partial charge in [-0.2, -0.15) is 0 Å². The van der Waals surface area contributed by atoms with E-state index in [-0.39, 0.29) is 31.1 Å². The molecule has 1 unspecified atom stereocenters. The SMILES string of the molecule is CC/C=C\C/C=C\C/C=C\C/C=C\C/C=C\C/C=C\C/C=C\C/C=C\CCCCCCC(=O)OCC(COC(=O)CCCCCCC/C=C\CCCCCC)OC(=O)CCCCCCCCCCC/C=C\CCCCCCCCCC. The Kier molecular flexibility index (Phi) is 64.8. The van der Waals surface area contributed by atoms with E-state index >= 15 is 0 Å². The van der Waals surface area contributed by atoms with Crippen LogP contribution in [0.5, 0.6) is 0 Å². The molecule has 0 aromatic rings. The summed E-state index contributed by atoms with van der Waals surface area (Å²) in [6.45, 7) is 6.50. The minimum atomic E-state index is -0.797. The van der Waals surface area contributed by atoms with Crippen LogP contribution < -0.4 is 0 Å². The van der Waals surface area contributed by atoms with Crippen LogP contribution >= 0.6 is 0 Å². The molecule has 0 saturated carbocycles. The summed E-state index contributed by atoms with van der Waals surface area (Å²) >= 11 is 0. The van der Waals surface area contributed by atoms with Crippen molar-refractivity contribution in [2.75, 3.05) is 13.2 Å². The molecule has 0 aliphatic rings. The maximum absolute atomic E-state index is 12.9. The molecular weight excluding hydrogens is 997 g/mol. The van der Waals surface area contributed by atoms with Gasteiger partial charge in [0.05, 0.1) is 0 Å². The van der Waals surface area contributed by atoms with Crippen molar-refractivity contribution in [3.8, 4) is 0 Å². The molecule has 0 bridgehead atoms. The number of carbonyl (C=O) groups excluding carboxylic acids is 3. The van der Waals surface area contributed by atoms with Gasteiger partial charge in [-0.3, -0.25) is 14.4 Å². The van der Waals surface area contributed by atoms with E-state index in [4.69, 9.17) is 14.2 Å². The number of allylic oxidation sites excluding steroid dienone is 20. The molecule has 0 aliphatic heterocycles. The largest absolute Gasteiger partial charge is 0.462 e. The van der Waals surface area contributed by atoms with E-state index in [1.54, 1.807) is 0 Å². The lowest BCUT2D eigenvalue weighted by atomic mass is 10.1. The van der Waals surface area contributed by atoms with Crippen LogP contribution in [0.15, 0.2) is 122 Å². The Labute approximate surface area is 501 Å². The maximum Gasteiger partial charge on any atom is 0.306 e. The first-order valence-corrected chi connectivity index (χ1v) is 34.0. The average molecular weight is 1120 g/mol. The van der Waals surface area contributed by atoms with Crippen molar-refractivity contribution in [1.82, 2.24) is 0 Å². The topological polar surface area (TPSA) is 78.9 Å². The van der Waals surface area contributed by atoms with E-state index in [0.717, 1.165) is 128 Å². The molecule has 0 rings (SSSR count). The van der Waals surface area contributed by atoms with Gasteiger partial charge >= 0.3 is 17.9 Å². The molecule has 0 aromatic carbocycles. The van der Waals surface area contributed by atoms with E-state index in [0.29, 0.717) is 19.3 Å². The molecule has 0 amide bonds. The fourth-order valence-electron chi connectivity index (χ4n) is 9.33. The van der Waals surface area contributed by atoms with E-state index in [2.05, 4.69) is 142 Å². The fourth-order valence-corrected chi connectivity index (χ4v) is 9.33. The molecule has 6 nitrogen and oxygen atoms in total. The Morgan fingerprint density at radius 1 is 0.259 bits per heavy atom. The summed E-state index contributed by atoms with van der Waals surface area (Å²) in [6.07, 6.45) is 95.0. The van der Waals surface area contributed by atoms with Gasteiger partial charge in [-0.15, -0.1) is 0 Å². The summed E-state index contributed by atoms with van der Waals surface area (Å²) in [6, 6.07) is 0. The minimum absolute atomic E-state index is 0.0922. The first-order valence-electron chi connectivity index (χ1n) is 34.0. The van der Waals surface area contributed by atoms with E-state index in [1.165, 1.54) is 148 Å². The Bertz CT molecular complexity index is 1670. The highest BCUT2D eigenvalue weighted by atomic mass is 16.6. The van der Waals surface area contributed by atoms with Crippen LogP contribution in [-0.2, 0) is 28.6 Å². The second-order valence-corrected chi connectivity index (χ2v) is 22.3. The monoisotopic (exact) mass is 1120 g/mol. The van der Waals surface area contributed by atoms with Crippen molar-refractivity contribution in [2.45, 2.75) is 322 Å². The van der Waals surface area contributed by atoms with Crippen LogP contribution in [-0.4, -0.2) is 37.2 Å². The quantitative estimate of drug-likeness (QED) is 0.0261. The zero-order valence-corrected chi connectivity index (χ0v) is 53.0. The number of carbonyl (C=O) groups is 3. The molecule has 0 N–H and O–H groups in total. The zero-order valence-electron chi connectivity index (χ0n) is 53.0. The zero-order chi connectivity index (χ0) is 58.5. The maximum atomic E-state index is 12.9. The lowest BCUT2D eigenvalue weighted by molar-refractivity contribution is -0.167. The Hall–Kier alpha value is -4.19. The van der Waals surface area contributed by atoms with Crippen molar-refractivity contribution in [1.29, 1.82) is 0 Å². The van der Waals surface area contributed by atoms with E-state index < -0.39 is 6.10 Å². The van der Waals surface area contributed by atoms with Crippen molar-refractivity contribution in [2.24, 2.45) is 0 Å². The average Bonchev–Trinajstić information content (AvgIpc) is 3.46. The first-order chi connectivity index (χ1) is 40.0. The van der Waals surface area contributed by atoms with Crippen molar-refractivity contribution < 1.29 is 28.6 Å². The molecule has 0 aliphatic carbocycles. The van der Waals surface area contributed by atoms with Gasteiger partial charge in [-0.05, 0) is 135 Å². The van der Waals surface area contributed by atoms with Crippen LogP contribution in [0.3, 0.4) is 0 Å². The van der Waals surface area contributed by atoms with Crippen molar-refractivity contribution >= 4 is 17.9 Å². The molecule has 0 spiro atoms. The van der Waals surface area contributed by atoms with Crippen LogP contribution in [0.25, 0.3) is 0 Å². The minimum Gasteiger partial charge on any atom is -0.462 e. The predicted molar refractivity (Wildman–Crippen MR) is 353 cm³/mol. The molecule has 0 aromatic heterocycles. The standard InChI is InChI=1S/C75H126O6/c1-4-7-10-13-16-19-22-25-27-29-31-33-34-35-36-37-38-39-40-42-43-45-47-50-53-56-59-62-65-68-74(77)80-71-72(70-79-73(76)67-64-61-58-55-52-49-24-21-18-15-12-9-6-3)81-75(78)69-66-63-60-57-54-51-48-46-44-41-32-30-28-26-23-20-17-14-11-8-5-2/h7,10,16,19,21,24-25,27,30-33,35-36,38-39,42-43,47,50,72H,4-6,8-9,11-15,17-18,20,22-23,26,28-29,34,37,40-41,44-46,48-49,51-71H2,1-3H3/b10-7-,19-16-,24-21-,27-25-,32-30-,33-31-,36-35-,39-38-,43-42-,50-47-. The molecule has 0 heterocycles. The smallest absolute Gasteiger partial charge is 0.306 e.